The van der Waals surface area contributed by atoms with Crippen molar-refractivity contribution in [3.05, 3.63) is 29.6 Å². The van der Waals surface area contributed by atoms with Crippen LogP contribution in [0.25, 0.3) is 0 Å². The molecule has 20 heavy (non-hydrogen) atoms. The molecule has 0 aliphatic rings. The van der Waals surface area contributed by atoms with Gasteiger partial charge in [-0.1, -0.05) is 20.8 Å². The Morgan fingerprint density at radius 1 is 1.30 bits per heavy atom. The Balaban J connectivity index is 2.82. The molecule has 1 atom stereocenters. The van der Waals surface area contributed by atoms with Gasteiger partial charge in [0.1, 0.15) is 11.6 Å². The van der Waals surface area contributed by atoms with Crippen molar-refractivity contribution < 1.29 is 9.13 Å². The van der Waals surface area contributed by atoms with Crippen molar-refractivity contribution in [3.63, 3.8) is 0 Å². The van der Waals surface area contributed by atoms with E-state index in [1.54, 1.807) is 19.2 Å². The molecule has 114 valence electrons. The summed E-state index contributed by atoms with van der Waals surface area (Å²) in [4.78, 5) is 0. The molecule has 0 spiro atoms. The molecule has 1 unspecified atom stereocenters. The molecule has 0 saturated heterocycles. The van der Waals surface area contributed by atoms with E-state index in [1.165, 1.54) is 6.07 Å². The van der Waals surface area contributed by atoms with E-state index in [0.29, 0.717) is 5.92 Å². The zero-order chi connectivity index (χ0) is 15.0. The minimum absolute atomic E-state index is 0.129. The molecule has 0 amide bonds. The fraction of sp³-hybridized carbons (Fsp3) is 0.625. The number of hydrogen-bond acceptors (Lipinski definition) is 3. The number of methoxy groups -OCH3 is 1. The van der Waals surface area contributed by atoms with Gasteiger partial charge in [-0.2, -0.15) is 11.8 Å². The average molecular weight is 299 g/mol. The maximum absolute atomic E-state index is 13.5. The molecule has 1 aromatic carbocycles. The van der Waals surface area contributed by atoms with Crippen molar-refractivity contribution in [1.82, 2.24) is 5.32 Å². The van der Waals surface area contributed by atoms with Crippen molar-refractivity contribution >= 4 is 11.8 Å². The van der Waals surface area contributed by atoms with Crippen molar-refractivity contribution in [2.45, 2.75) is 33.2 Å². The summed E-state index contributed by atoms with van der Waals surface area (Å²) in [5, 5.41) is 3.49. The third-order valence-corrected chi connectivity index (χ3v) is 4.42. The second-order valence-corrected chi connectivity index (χ2v) is 6.40. The van der Waals surface area contributed by atoms with Crippen molar-refractivity contribution in [2.24, 2.45) is 5.92 Å². The smallest absolute Gasteiger partial charge is 0.123 e. The molecule has 0 radical (unpaired) electrons. The lowest BCUT2D eigenvalue weighted by molar-refractivity contribution is 0.400. The molecule has 2 nitrogen and oxygen atoms in total. The monoisotopic (exact) mass is 299 g/mol. The lowest BCUT2D eigenvalue weighted by Crippen LogP contribution is -2.25. The fourth-order valence-corrected chi connectivity index (χ4v) is 3.12. The number of benzene rings is 1. The molecule has 4 heteroatoms. The van der Waals surface area contributed by atoms with Crippen molar-refractivity contribution in [2.75, 3.05) is 25.2 Å². The van der Waals surface area contributed by atoms with Gasteiger partial charge in [0.2, 0.25) is 0 Å². The minimum Gasteiger partial charge on any atom is -0.496 e. The molecule has 0 aliphatic carbocycles. The highest BCUT2D eigenvalue weighted by atomic mass is 32.2. The van der Waals surface area contributed by atoms with Crippen LogP contribution in [-0.2, 0) is 0 Å². The Bertz CT molecular complexity index is 398. The number of thioether (sulfide) groups is 1. The SMILES string of the molecule is CCCNC(CSCC(C)C)c1cc(F)ccc1OC. The lowest BCUT2D eigenvalue weighted by atomic mass is 10.1. The lowest BCUT2D eigenvalue weighted by Gasteiger charge is -2.21. The highest BCUT2D eigenvalue weighted by molar-refractivity contribution is 7.99. The third-order valence-electron chi connectivity index (χ3n) is 2.94. The zero-order valence-corrected chi connectivity index (χ0v) is 13.7. The van der Waals surface area contributed by atoms with E-state index < -0.39 is 0 Å². The van der Waals surface area contributed by atoms with Crippen LogP contribution in [0.1, 0.15) is 38.8 Å². The van der Waals surface area contributed by atoms with Gasteiger partial charge in [-0.05, 0) is 42.8 Å². The Morgan fingerprint density at radius 3 is 2.65 bits per heavy atom. The Kier molecular flexibility index (Phi) is 8.00. The number of hydrogen-bond donors (Lipinski definition) is 1. The first kappa shape index (κ1) is 17.3. The first-order chi connectivity index (χ1) is 9.58. The summed E-state index contributed by atoms with van der Waals surface area (Å²) in [6, 6.07) is 4.87. The second kappa shape index (κ2) is 9.24. The summed E-state index contributed by atoms with van der Waals surface area (Å²) in [5.41, 5.74) is 0.914. The Hall–Kier alpha value is -0.740. The second-order valence-electron chi connectivity index (χ2n) is 5.32. The van der Waals surface area contributed by atoms with Crippen LogP contribution in [0.3, 0.4) is 0 Å². The summed E-state index contributed by atoms with van der Waals surface area (Å²) in [5.74, 6) is 3.25. The highest BCUT2D eigenvalue weighted by Crippen LogP contribution is 2.29. The van der Waals surface area contributed by atoms with E-state index in [-0.39, 0.29) is 11.9 Å². The average Bonchev–Trinajstić information content (AvgIpc) is 2.42. The molecule has 0 aromatic heterocycles. The molecule has 0 aliphatic heterocycles. The molecule has 1 N–H and O–H groups in total. The first-order valence-corrected chi connectivity index (χ1v) is 8.38. The topological polar surface area (TPSA) is 21.3 Å². The number of halogens is 1. The van der Waals surface area contributed by atoms with Gasteiger partial charge in [0.05, 0.1) is 7.11 Å². The van der Waals surface area contributed by atoms with Gasteiger partial charge >= 0.3 is 0 Å². The zero-order valence-electron chi connectivity index (χ0n) is 12.9. The van der Waals surface area contributed by atoms with Crippen molar-refractivity contribution in [3.8, 4) is 5.75 Å². The van der Waals surface area contributed by atoms with Crippen LogP contribution >= 0.6 is 11.8 Å². The summed E-state index contributed by atoms with van der Waals surface area (Å²) >= 11 is 1.90. The van der Waals surface area contributed by atoms with E-state index in [1.807, 2.05) is 11.8 Å². The van der Waals surface area contributed by atoms with Gasteiger partial charge in [0.25, 0.3) is 0 Å². The number of ether oxygens (including phenoxy) is 1. The summed E-state index contributed by atoms with van der Waals surface area (Å²) in [6.45, 7) is 7.48. The molecule has 0 bridgehead atoms. The largest absolute Gasteiger partial charge is 0.496 e. The van der Waals surface area contributed by atoms with Crippen LogP contribution in [0.2, 0.25) is 0 Å². The van der Waals surface area contributed by atoms with Crippen LogP contribution in [0.5, 0.6) is 5.75 Å². The van der Waals surface area contributed by atoms with Gasteiger partial charge in [0.15, 0.2) is 0 Å². The highest BCUT2D eigenvalue weighted by Gasteiger charge is 2.16. The first-order valence-electron chi connectivity index (χ1n) is 7.23. The van der Waals surface area contributed by atoms with Gasteiger partial charge in [-0.15, -0.1) is 0 Å². The standard InChI is InChI=1S/C16H26FNOS/c1-5-8-18-15(11-20-10-12(2)3)14-9-13(17)6-7-16(14)19-4/h6-7,9,12,15,18H,5,8,10-11H2,1-4H3. The van der Waals surface area contributed by atoms with Crippen LogP contribution < -0.4 is 10.1 Å². The predicted molar refractivity (Wildman–Crippen MR) is 86.1 cm³/mol. The minimum atomic E-state index is -0.210. The Labute approximate surface area is 126 Å². The molecular weight excluding hydrogens is 273 g/mol. The summed E-state index contributed by atoms with van der Waals surface area (Å²) in [7, 11) is 1.63. The van der Waals surface area contributed by atoms with E-state index >= 15 is 0 Å². The van der Waals surface area contributed by atoms with E-state index in [9.17, 15) is 4.39 Å². The molecule has 1 aromatic rings. The number of rotatable bonds is 9. The summed E-state index contributed by atoms with van der Waals surface area (Å²) < 4.78 is 18.9. The maximum Gasteiger partial charge on any atom is 0.123 e. The van der Waals surface area contributed by atoms with Crippen LogP contribution in [0.4, 0.5) is 4.39 Å². The quantitative estimate of drug-likeness (QED) is 0.736. The third kappa shape index (κ3) is 5.71. The van der Waals surface area contributed by atoms with Gasteiger partial charge in [-0.3, -0.25) is 0 Å². The number of nitrogens with one attached hydrogen (secondary N) is 1. The van der Waals surface area contributed by atoms with Gasteiger partial charge in [0, 0.05) is 17.4 Å². The molecule has 0 saturated carbocycles. The van der Waals surface area contributed by atoms with Crippen LogP contribution in [0.15, 0.2) is 18.2 Å². The Morgan fingerprint density at radius 2 is 2.05 bits per heavy atom. The van der Waals surface area contributed by atoms with Gasteiger partial charge < -0.3 is 10.1 Å². The molecule has 1 rings (SSSR count). The maximum atomic E-state index is 13.5. The van der Waals surface area contributed by atoms with E-state index in [0.717, 1.165) is 35.8 Å². The normalized spacial score (nSPS) is 12.7. The predicted octanol–water partition coefficient (Wildman–Crippen LogP) is 4.26. The van der Waals surface area contributed by atoms with Crippen molar-refractivity contribution in [1.29, 1.82) is 0 Å². The van der Waals surface area contributed by atoms with Crippen LogP contribution in [0, 0.1) is 11.7 Å². The van der Waals surface area contributed by atoms with Crippen LogP contribution in [-0.4, -0.2) is 25.2 Å². The van der Waals surface area contributed by atoms with E-state index in [2.05, 4.69) is 26.1 Å². The molecule has 0 fully saturated rings. The van der Waals surface area contributed by atoms with E-state index in [4.69, 9.17) is 4.74 Å². The molecule has 0 heterocycles. The van der Waals surface area contributed by atoms with Gasteiger partial charge in [-0.25, -0.2) is 4.39 Å². The fourth-order valence-electron chi connectivity index (χ4n) is 1.98. The molecular formula is C16H26FNOS. The summed E-state index contributed by atoms with van der Waals surface area (Å²) in [6.07, 6.45) is 1.06.